The lowest BCUT2D eigenvalue weighted by atomic mass is 10.0. The molecule has 0 atom stereocenters. The van der Waals surface area contributed by atoms with Crippen LogP contribution < -0.4 is 0 Å². The molecule has 0 N–H and O–H groups in total. The van der Waals surface area contributed by atoms with Gasteiger partial charge in [-0.2, -0.15) is 0 Å². The van der Waals surface area contributed by atoms with Crippen LogP contribution in [0, 0.1) is 0 Å². The van der Waals surface area contributed by atoms with E-state index in [0.29, 0.717) is 6.42 Å². The monoisotopic (exact) mass is 178 g/mol. The van der Waals surface area contributed by atoms with Gasteiger partial charge in [-0.05, 0) is 18.6 Å². The normalized spacial score (nSPS) is 14.9. The summed E-state index contributed by atoms with van der Waals surface area (Å²) in [5.41, 5.74) is 0.930. The molecule has 0 radical (unpaired) electrons. The van der Waals surface area contributed by atoms with Crippen LogP contribution in [0.1, 0.15) is 33.5 Å². The maximum atomic E-state index is 11.4. The molecule has 1 heterocycles. The Bertz CT molecular complexity index is 347. The summed E-state index contributed by atoms with van der Waals surface area (Å²) in [6.07, 6.45) is 5.60. The topological polar surface area (TPSA) is 17.1 Å². The summed E-state index contributed by atoms with van der Waals surface area (Å²) in [4.78, 5) is 13.8. The number of aryl methyl sites for hydroxylation is 1. The van der Waals surface area contributed by atoms with Crippen LogP contribution in [-0.2, 0) is 6.42 Å². The number of hydrogen-bond acceptors (Lipinski definition) is 2. The van der Waals surface area contributed by atoms with Crippen LogP contribution in [0.3, 0.4) is 0 Å². The van der Waals surface area contributed by atoms with Gasteiger partial charge in [-0.25, -0.2) is 0 Å². The third kappa shape index (κ3) is 1.12. The van der Waals surface area contributed by atoms with E-state index in [9.17, 15) is 4.79 Å². The zero-order valence-corrected chi connectivity index (χ0v) is 7.78. The Morgan fingerprint density at radius 2 is 2.42 bits per heavy atom. The molecule has 2 rings (SSSR count). The molecule has 1 aromatic heterocycles. The van der Waals surface area contributed by atoms with Crippen LogP contribution in [-0.4, -0.2) is 5.78 Å². The lowest BCUT2D eigenvalue weighted by Gasteiger charge is -2.00. The molecule has 0 spiro atoms. The third-order valence-electron chi connectivity index (χ3n) is 2.03. The zero-order chi connectivity index (χ0) is 8.55. The largest absolute Gasteiger partial charge is 0.294 e. The van der Waals surface area contributed by atoms with Crippen molar-refractivity contribution in [2.75, 3.05) is 0 Å². The number of ketones is 1. The molecule has 0 amide bonds. The van der Waals surface area contributed by atoms with E-state index in [2.05, 4.69) is 13.0 Å². The zero-order valence-electron chi connectivity index (χ0n) is 6.96. The minimum Gasteiger partial charge on any atom is -0.294 e. The molecular weight excluding hydrogens is 168 g/mol. The summed E-state index contributed by atoms with van der Waals surface area (Å²) in [7, 11) is 0. The molecule has 0 fully saturated rings. The van der Waals surface area contributed by atoms with E-state index >= 15 is 0 Å². The van der Waals surface area contributed by atoms with Crippen LogP contribution >= 0.6 is 11.3 Å². The number of allylic oxidation sites excluding steroid dienone is 1. The van der Waals surface area contributed by atoms with Crippen molar-refractivity contribution in [3.8, 4) is 0 Å². The molecule has 2 heteroatoms. The molecule has 1 nitrogen and oxygen atoms in total. The van der Waals surface area contributed by atoms with E-state index in [1.165, 1.54) is 4.88 Å². The highest BCUT2D eigenvalue weighted by Crippen LogP contribution is 2.28. The van der Waals surface area contributed by atoms with Crippen molar-refractivity contribution in [3.63, 3.8) is 0 Å². The predicted octanol–water partition coefficient (Wildman–Crippen LogP) is 2.91. The number of rotatable bonds is 1. The average molecular weight is 178 g/mol. The Balaban J connectivity index is 2.52. The second kappa shape index (κ2) is 2.87. The minimum absolute atomic E-state index is 0.267. The minimum atomic E-state index is 0.267. The Morgan fingerprint density at radius 1 is 1.58 bits per heavy atom. The van der Waals surface area contributed by atoms with Gasteiger partial charge in [0.25, 0.3) is 0 Å². The predicted molar refractivity (Wildman–Crippen MR) is 51.7 cm³/mol. The average Bonchev–Trinajstić information content (AvgIpc) is 2.49. The van der Waals surface area contributed by atoms with Crippen molar-refractivity contribution in [2.45, 2.75) is 19.8 Å². The van der Waals surface area contributed by atoms with Crippen molar-refractivity contribution >= 4 is 23.2 Å². The van der Waals surface area contributed by atoms with Crippen LogP contribution in [0.4, 0.5) is 0 Å². The summed E-state index contributed by atoms with van der Waals surface area (Å²) in [6, 6.07) is 2.03. The maximum absolute atomic E-state index is 11.4. The number of Topliss-reactive ketones (excluding diaryl/α,β-unsaturated/α-hetero) is 1. The Labute approximate surface area is 75.7 Å². The van der Waals surface area contributed by atoms with Crippen LogP contribution in [0.2, 0.25) is 0 Å². The number of hydrogen-bond donors (Lipinski definition) is 0. The molecule has 0 aliphatic heterocycles. The van der Waals surface area contributed by atoms with Crippen LogP contribution in [0.15, 0.2) is 12.1 Å². The molecule has 12 heavy (non-hydrogen) atoms. The fourth-order valence-electron chi connectivity index (χ4n) is 1.36. The van der Waals surface area contributed by atoms with E-state index < -0.39 is 0 Å². The highest BCUT2D eigenvalue weighted by Gasteiger charge is 2.15. The molecule has 0 saturated heterocycles. The molecule has 0 saturated carbocycles. The standard InChI is InChI=1S/C10H10OS/c1-2-7-6-8-9(11)4-3-5-10(8)12-7/h3,5-6H,2,4H2,1H3. The highest BCUT2D eigenvalue weighted by atomic mass is 32.1. The molecule has 0 bridgehead atoms. The Hall–Kier alpha value is -0.890. The molecular formula is C10H10OS. The second-order valence-electron chi connectivity index (χ2n) is 2.87. The van der Waals surface area contributed by atoms with E-state index in [1.54, 1.807) is 11.3 Å². The summed E-state index contributed by atoms with van der Waals surface area (Å²) >= 11 is 1.73. The lowest BCUT2D eigenvalue weighted by Crippen LogP contribution is -1.99. The van der Waals surface area contributed by atoms with Gasteiger partial charge in [0.2, 0.25) is 0 Å². The fraction of sp³-hybridized carbons (Fsp3) is 0.300. The van der Waals surface area contributed by atoms with E-state index in [-0.39, 0.29) is 5.78 Å². The van der Waals surface area contributed by atoms with E-state index in [1.807, 2.05) is 12.1 Å². The van der Waals surface area contributed by atoms with Crippen molar-refractivity contribution in [1.29, 1.82) is 0 Å². The molecule has 0 unspecified atom stereocenters. The quantitative estimate of drug-likeness (QED) is 0.646. The number of thiophene rings is 1. The van der Waals surface area contributed by atoms with Gasteiger partial charge >= 0.3 is 0 Å². The van der Waals surface area contributed by atoms with Gasteiger partial charge in [0.05, 0.1) is 0 Å². The van der Waals surface area contributed by atoms with Gasteiger partial charge in [0.1, 0.15) is 0 Å². The van der Waals surface area contributed by atoms with Gasteiger partial charge in [-0.1, -0.05) is 13.0 Å². The molecule has 1 aromatic rings. The maximum Gasteiger partial charge on any atom is 0.168 e. The first kappa shape index (κ1) is 7.74. The summed E-state index contributed by atoms with van der Waals surface area (Å²) in [6.45, 7) is 2.12. The Morgan fingerprint density at radius 3 is 3.08 bits per heavy atom. The van der Waals surface area contributed by atoms with Crippen molar-refractivity contribution in [1.82, 2.24) is 0 Å². The first-order valence-corrected chi connectivity index (χ1v) is 4.95. The first-order valence-electron chi connectivity index (χ1n) is 4.13. The lowest BCUT2D eigenvalue weighted by molar-refractivity contribution is 0.0995. The number of carbonyl (C=O) groups is 1. The summed E-state index contributed by atoms with van der Waals surface area (Å²) in [5, 5.41) is 0. The summed E-state index contributed by atoms with van der Waals surface area (Å²) in [5.74, 6) is 0.267. The highest BCUT2D eigenvalue weighted by molar-refractivity contribution is 7.13. The smallest absolute Gasteiger partial charge is 0.168 e. The van der Waals surface area contributed by atoms with Gasteiger partial charge in [-0.3, -0.25) is 4.79 Å². The summed E-state index contributed by atoms with van der Waals surface area (Å²) < 4.78 is 0. The number of carbonyl (C=O) groups excluding carboxylic acids is 1. The molecule has 1 aliphatic rings. The van der Waals surface area contributed by atoms with Crippen LogP contribution in [0.25, 0.3) is 6.08 Å². The van der Waals surface area contributed by atoms with E-state index in [0.717, 1.165) is 16.9 Å². The van der Waals surface area contributed by atoms with Gasteiger partial charge in [0, 0.05) is 21.7 Å². The van der Waals surface area contributed by atoms with Gasteiger partial charge < -0.3 is 0 Å². The van der Waals surface area contributed by atoms with E-state index in [4.69, 9.17) is 0 Å². The molecule has 0 aromatic carbocycles. The third-order valence-corrected chi connectivity index (χ3v) is 3.28. The Kier molecular flexibility index (Phi) is 1.85. The van der Waals surface area contributed by atoms with Gasteiger partial charge in [-0.15, -0.1) is 11.3 Å². The second-order valence-corrected chi connectivity index (χ2v) is 4.04. The van der Waals surface area contributed by atoms with Crippen molar-refractivity contribution in [3.05, 3.63) is 27.5 Å². The van der Waals surface area contributed by atoms with Crippen LogP contribution in [0.5, 0.6) is 0 Å². The SMILES string of the molecule is CCc1cc2c(s1)C=CCC2=O. The number of fused-ring (bicyclic) bond motifs is 1. The van der Waals surface area contributed by atoms with Gasteiger partial charge in [0.15, 0.2) is 5.78 Å². The molecule has 1 aliphatic carbocycles. The molecule has 62 valence electrons. The first-order chi connectivity index (χ1) is 5.81. The van der Waals surface area contributed by atoms with Crippen molar-refractivity contribution in [2.24, 2.45) is 0 Å². The van der Waals surface area contributed by atoms with Crippen molar-refractivity contribution < 1.29 is 4.79 Å². The fourth-order valence-corrected chi connectivity index (χ4v) is 2.41.